The summed E-state index contributed by atoms with van der Waals surface area (Å²) in [6.07, 6.45) is 0. The summed E-state index contributed by atoms with van der Waals surface area (Å²) in [7, 11) is 0. The first-order chi connectivity index (χ1) is 7.86. The average molecular weight is 238 g/mol. The molecule has 3 rings (SSSR count). The van der Waals surface area contributed by atoms with E-state index in [0.29, 0.717) is 5.69 Å². The van der Waals surface area contributed by atoms with E-state index in [2.05, 4.69) is 15.5 Å². The van der Waals surface area contributed by atoms with E-state index >= 15 is 0 Å². The van der Waals surface area contributed by atoms with E-state index in [9.17, 15) is 4.79 Å². The molecule has 2 N–H and O–H groups in total. The van der Waals surface area contributed by atoms with Gasteiger partial charge in [-0.15, -0.1) is 0 Å². The van der Waals surface area contributed by atoms with Gasteiger partial charge in [0.15, 0.2) is 5.69 Å². The van der Waals surface area contributed by atoms with Crippen LogP contribution in [0.4, 0.5) is 0 Å². The molecular weight excluding hydrogens is 224 g/mol. The molecule has 2 aliphatic rings. The Kier molecular flexibility index (Phi) is 2.61. The lowest BCUT2D eigenvalue weighted by molar-refractivity contribution is 0.0765. The second-order valence-corrected chi connectivity index (χ2v) is 5.26. The minimum atomic E-state index is 0.0847. The van der Waals surface area contributed by atoms with E-state index < -0.39 is 0 Å². The lowest BCUT2D eigenvalue weighted by Gasteiger charge is -2.25. The molecule has 3 heterocycles. The predicted octanol–water partition coefficient (Wildman–Crippen LogP) is 0.202. The van der Waals surface area contributed by atoms with E-state index in [1.807, 2.05) is 16.7 Å². The Morgan fingerprint density at radius 3 is 2.94 bits per heavy atom. The van der Waals surface area contributed by atoms with Crippen LogP contribution in [0.5, 0.6) is 0 Å². The number of fused-ring (bicyclic) bond motifs is 1. The van der Waals surface area contributed by atoms with Gasteiger partial charge in [-0.3, -0.25) is 9.89 Å². The van der Waals surface area contributed by atoms with Gasteiger partial charge in [-0.25, -0.2) is 0 Å². The summed E-state index contributed by atoms with van der Waals surface area (Å²) in [4.78, 5) is 14.1. The molecule has 0 saturated carbocycles. The summed E-state index contributed by atoms with van der Waals surface area (Å²) >= 11 is 1.90. The minimum Gasteiger partial charge on any atom is -0.336 e. The molecule has 0 unspecified atom stereocenters. The highest BCUT2D eigenvalue weighted by molar-refractivity contribution is 7.99. The van der Waals surface area contributed by atoms with Crippen LogP contribution in [0.2, 0.25) is 0 Å². The summed E-state index contributed by atoms with van der Waals surface area (Å²) in [5.74, 6) is 2.16. The number of aromatic nitrogens is 2. The van der Waals surface area contributed by atoms with Crippen LogP contribution >= 0.6 is 11.8 Å². The van der Waals surface area contributed by atoms with Gasteiger partial charge in [0.1, 0.15) is 0 Å². The molecule has 5 nitrogen and oxygen atoms in total. The zero-order valence-corrected chi connectivity index (χ0v) is 9.77. The molecule has 1 fully saturated rings. The van der Waals surface area contributed by atoms with Gasteiger partial charge in [-0.1, -0.05) is 0 Å². The number of H-pyrrole nitrogens is 1. The minimum absolute atomic E-state index is 0.0847. The summed E-state index contributed by atoms with van der Waals surface area (Å²) in [5.41, 5.74) is 2.74. The van der Waals surface area contributed by atoms with Gasteiger partial charge in [0, 0.05) is 43.2 Å². The number of hydrogen-bond acceptors (Lipinski definition) is 4. The van der Waals surface area contributed by atoms with Crippen LogP contribution < -0.4 is 5.32 Å². The second-order valence-electron chi connectivity index (χ2n) is 4.04. The molecular formula is C10H14N4OS. The van der Waals surface area contributed by atoms with Crippen LogP contribution in [0, 0.1) is 0 Å². The van der Waals surface area contributed by atoms with E-state index in [0.717, 1.165) is 48.9 Å². The molecule has 0 aliphatic carbocycles. The number of hydrogen-bond donors (Lipinski definition) is 2. The third kappa shape index (κ3) is 1.62. The molecule has 1 aromatic rings. The maximum atomic E-state index is 12.2. The number of nitrogens with one attached hydrogen (secondary N) is 2. The summed E-state index contributed by atoms with van der Waals surface area (Å²) in [6.45, 7) is 3.25. The Labute approximate surface area is 98.0 Å². The number of amides is 1. The van der Waals surface area contributed by atoms with E-state index in [1.54, 1.807) is 0 Å². The fourth-order valence-corrected chi connectivity index (χ4v) is 3.05. The number of thioether (sulfide) groups is 1. The normalized spacial score (nSPS) is 19.9. The van der Waals surface area contributed by atoms with Crippen molar-refractivity contribution in [3.63, 3.8) is 0 Å². The van der Waals surface area contributed by atoms with Gasteiger partial charge < -0.3 is 10.2 Å². The van der Waals surface area contributed by atoms with Gasteiger partial charge >= 0.3 is 0 Å². The first-order valence-electron chi connectivity index (χ1n) is 5.50. The Balaban J connectivity index is 1.83. The van der Waals surface area contributed by atoms with Crippen molar-refractivity contribution in [3.8, 4) is 0 Å². The monoisotopic (exact) mass is 238 g/mol. The number of rotatable bonds is 1. The molecule has 0 spiro atoms. The highest BCUT2D eigenvalue weighted by atomic mass is 32.2. The van der Waals surface area contributed by atoms with E-state index in [1.165, 1.54) is 0 Å². The molecule has 0 aromatic carbocycles. The lowest BCUT2D eigenvalue weighted by Crippen LogP contribution is -2.38. The summed E-state index contributed by atoms with van der Waals surface area (Å²) in [5, 5.41) is 10.3. The Morgan fingerprint density at radius 1 is 1.31 bits per heavy atom. The molecule has 2 aliphatic heterocycles. The van der Waals surface area contributed by atoms with Crippen molar-refractivity contribution in [1.29, 1.82) is 0 Å². The van der Waals surface area contributed by atoms with Gasteiger partial charge in [-0.2, -0.15) is 16.9 Å². The van der Waals surface area contributed by atoms with Crippen molar-refractivity contribution in [3.05, 3.63) is 17.0 Å². The van der Waals surface area contributed by atoms with Crippen LogP contribution in [-0.2, 0) is 13.1 Å². The number of aromatic amines is 1. The Morgan fingerprint density at radius 2 is 2.12 bits per heavy atom. The molecule has 0 bridgehead atoms. The molecule has 6 heteroatoms. The van der Waals surface area contributed by atoms with E-state index in [4.69, 9.17) is 0 Å². The highest BCUT2D eigenvalue weighted by Gasteiger charge is 2.27. The maximum Gasteiger partial charge on any atom is 0.274 e. The topological polar surface area (TPSA) is 61.0 Å². The smallest absolute Gasteiger partial charge is 0.274 e. The fraction of sp³-hybridized carbons (Fsp3) is 0.600. The SMILES string of the molecule is O=C(c1n[nH]c2c1CNC2)N1CCSCC1. The van der Waals surface area contributed by atoms with Crippen LogP contribution in [0.15, 0.2) is 0 Å². The molecule has 16 heavy (non-hydrogen) atoms. The standard InChI is InChI=1S/C10H14N4OS/c15-10(14-1-3-16-4-2-14)9-7-5-11-6-8(7)12-13-9/h11H,1-6H2,(H,12,13). The van der Waals surface area contributed by atoms with Gasteiger partial charge in [0.05, 0.1) is 5.69 Å². The van der Waals surface area contributed by atoms with Crippen molar-refractivity contribution in [2.75, 3.05) is 24.6 Å². The van der Waals surface area contributed by atoms with Crippen LogP contribution in [0.25, 0.3) is 0 Å². The molecule has 0 radical (unpaired) electrons. The van der Waals surface area contributed by atoms with Crippen molar-refractivity contribution in [2.24, 2.45) is 0 Å². The van der Waals surface area contributed by atoms with Crippen molar-refractivity contribution >= 4 is 17.7 Å². The first kappa shape index (κ1) is 10.2. The molecule has 1 aromatic heterocycles. The molecule has 0 atom stereocenters. The van der Waals surface area contributed by atoms with Crippen LogP contribution in [0.3, 0.4) is 0 Å². The fourth-order valence-electron chi connectivity index (χ4n) is 2.14. The van der Waals surface area contributed by atoms with Crippen LogP contribution in [-0.4, -0.2) is 45.6 Å². The first-order valence-corrected chi connectivity index (χ1v) is 6.65. The largest absolute Gasteiger partial charge is 0.336 e. The maximum absolute atomic E-state index is 12.2. The number of carbonyl (C=O) groups excluding carboxylic acids is 1. The van der Waals surface area contributed by atoms with Crippen molar-refractivity contribution in [1.82, 2.24) is 20.4 Å². The van der Waals surface area contributed by atoms with Crippen LogP contribution in [0.1, 0.15) is 21.7 Å². The second kappa shape index (κ2) is 4.10. The number of nitrogens with zero attached hydrogens (tertiary/aromatic N) is 2. The molecule has 1 amide bonds. The van der Waals surface area contributed by atoms with Crippen molar-refractivity contribution < 1.29 is 4.79 Å². The molecule has 86 valence electrons. The average Bonchev–Trinajstić information content (AvgIpc) is 2.91. The van der Waals surface area contributed by atoms with Gasteiger partial charge in [-0.05, 0) is 0 Å². The number of carbonyl (C=O) groups is 1. The summed E-state index contributed by atoms with van der Waals surface area (Å²) in [6, 6.07) is 0. The van der Waals surface area contributed by atoms with E-state index in [-0.39, 0.29) is 5.91 Å². The third-order valence-corrected chi connectivity index (χ3v) is 4.00. The zero-order chi connectivity index (χ0) is 11.0. The zero-order valence-electron chi connectivity index (χ0n) is 8.95. The summed E-state index contributed by atoms with van der Waals surface area (Å²) < 4.78 is 0. The molecule has 1 saturated heterocycles. The Hall–Kier alpha value is -1.01. The lowest BCUT2D eigenvalue weighted by atomic mass is 10.2. The quantitative estimate of drug-likeness (QED) is 0.734. The van der Waals surface area contributed by atoms with Crippen molar-refractivity contribution in [2.45, 2.75) is 13.1 Å². The highest BCUT2D eigenvalue weighted by Crippen LogP contribution is 2.19. The van der Waals surface area contributed by atoms with Gasteiger partial charge in [0.2, 0.25) is 0 Å². The Bertz CT molecular complexity index is 411. The predicted molar refractivity (Wildman–Crippen MR) is 62.4 cm³/mol. The van der Waals surface area contributed by atoms with Gasteiger partial charge in [0.25, 0.3) is 5.91 Å². The third-order valence-electron chi connectivity index (χ3n) is 3.06.